The molecular formula is C12H16N2O. The molecule has 0 atom stereocenters. The van der Waals surface area contributed by atoms with Crippen molar-refractivity contribution in [2.75, 3.05) is 18.0 Å². The first kappa shape index (κ1) is 11.5. The Kier molecular flexibility index (Phi) is 4.65. The third-order valence-corrected chi connectivity index (χ3v) is 2.09. The summed E-state index contributed by atoms with van der Waals surface area (Å²) in [6.07, 6.45) is 8.01. The summed E-state index contributed by atoms with van der Waals surface area (Å²) in [6.45, 7) is 3.56. The van der Waals surface area contributed by atoms with Gasteiger partial charge in [-0.15, -0.1) is 6.42 Å². The molecule has 0 radical (unpaired) electrons. The SMILES string of the molecule is C#CCN(CCC)c1cc(CO)ccn1. The quantitative estimate of drug-likeness (QED) is 0.737. The van der Waals surface area contributed by atoms with Crippen LogP contribution >= 0.6 is 0 Å². The Morgan fingerprint density at radius 2 is 2.40 bits per heavy atom. The molecule has 0 bridgehead atoms. The van der Waals surface area contributed by atoms with Gasteiger partial charge >= 0.3 is 0 Å². The van der Waals surface area contributed by atoms with Crippen molar-refractivity contribution in [3.8, 4) is 12.3 Å². The van der Waals surface area contributed by atoms with Gasteiger partial charge in [-0.2, -0.15) is 0 Å². The lowest BCUT2D eigenvalue weighted by Gasteiger charge is -2.20. The van der Waals surface area contributed by atoms with Gasteiger partial charge in [0.1, 0.15) is 5.82 Å². The van der Waals surface area contributed by atoms with Crippen molar-refractivity contribution in [1.82, 2.24) is 4.98 Å². The van der Waals surface area contributed by atoms with E-state index in [0.29, 0.717) is 6.54 Å². The molecule has 1 aromatic rings. The fourth-order valence-electron chi connectivity index (χ4n) is 1.39. The maximum atomic E-state index is 9.02. The van der Waals surface area contributed by atoms with Gasteiger partial charge in [0.05, 0.1) is 13.2 Å². The molecule has 1 aromatic heterocycles. The predicted octanol–water partition coefficient (Wildman–Crippen LogP) is 1.42. The number of nitrogens with zero attached hydrogens (tertiary/aromatic N) is 2. The number of rotatable bonds is 5. The maximum absolute atomic E-state index is 9.02. The first-order valence-corrected chi connectivity index (χ1v) is 5.06. The molecule has 0 aliphatic heterocycles. The lowest BCUT2D eigenvalue weighted by atomic mass is 10.2. The smallest absolute Gasteiger partial charge is 0.129 e. The van der Waals surface area contributed by atoms with E-state index in [4.69, 9.17) is 11.5 Å². The first-order chi connectivity index (χ1) is 7.31. The second-order valence-corrected chi connectivity index (χ2v) is 3.31. The van der Waals surface area contributed by atoms with Crippen molar-refractivity contribution in [2.45, 2.75) is 20.0 Å². The molecular weight excluding hydrogens is 188 g/mol. The molecule has 1 N–H and O–H groups in total. The molecule has 0 aliphatic rings. The fraction of sp³-hybridized carbons (Fsp3) is 0.417. The molecule has 0 saturated carbocycles. The Morgan fingerprint density at radius 3 is 3.00 bits per heavy atom. The van der Waals surface area contributed by atoms with Crippen LogP contribution in [-0.4, -0.2) is 23.2 Å². The van der Waals surface area contributed by atoms with E-state index in [0.717, 1.165) is 24.3 Å². The van der Waals surface area contributed by atoms with E-state index in [1.165, 1.54) is 0 Å². The highest BCUT2D eigenvalue weighted by atomic mass is 16.3. The summed E-state index contributed by atoms with van der Waals surface area (Å²) in [5.41, 5.74) is 0.859. The molecule has 15 heavy (non-hydrogen) atoms. The van der Waals surface area contributed by atoms with Gasteiger partial charge < -0.3 is 10.0 Å². The number of anilines is 1. The van der Waals surface area contributed by atoms with E-state index in [1.807, 2.05) is 11.0 Å². The summed E-state index contributed by atoms with van der Waals surface area (Å²) in [4.78, 5) is 6.27. The number of aliphatic hydroxyl groups is 1. The number of hydrogen-bond acceptors (Lipinski definition) is 3. The van der Waals surface area contributed by atoms with E-state index < -0.39 is 0 Å². The predicted molar refractivity (Wildman–Crippen MR) is 61.5 cm³/mol. The van der Waals surface area contributed by atoms with Crippen molar-refractivity contribution in [3.05, 3.63) is 23.9 Å². The van der Waals surface area contributed by atoms with Gasteiger partial charge in [-0.3, -0.25) is 0 Å². The highest BCUT2D eigenvalue weighted by molar-refractivity contribution is 5.42. The summed E-state index contributed by atoms with van der Waals surface area (Å²) in [6, 6.07) is 3.66. The van der Waals surface area contributed by atoms with E-state index in [9.17, 15) is 0 Å². The Labute approximate surface area is 90.8 Å². The minimum Gasteiger partial charge on any atom is -0.392 e. The summed E-state index contributed by atoms with van der Waals surface area (Å²) in [5.74, 6) is 3.45. The third kappa shape index (κ3) is 3.26. The number of pyridine rings is 1. The summed E-state index contributed by atoms with van der Waals surface area (Å²) in [5, 5.41) is 9.02. The molecule has 0 fully saturated rings. The van der Waals surface area contributed by atoms with E-state index in [2.05, 4.69) is 17.8 Å². The van der Waals surface area contributed by atoms with Crippen LogP contribution in [0.2, 0.25) is 0 Å². The van der Waals surface area contributed by atoms with E-state index >= 15 is 0 Å². The lowest BCUT2D eigenvalue weighted by molar-refractivity contribution is 0.281. The van der Waals surface area contributed by atoms with Gasteiger partial charge in [-0.25, -0.2) is 4.98 Å². The summed E-state index contributed by atoms with van der Waals surface area (Å²) >= 11 is 0. The monoisotopic (exact) mass is 204 g/mol. The largest absolute Gasteiger partial charge is 0.392 e. The van der Waals surface area contributed by atoms with Gasteiger partial charge in [0.2, 0.25) is 0 Å². The van der Waals surface area contributed by atoms with Gasteiger partial charge in [0, 0.05) is 12.7 Å². The highest BCUT2D eigenvalue weighted by Gasteiger charge is 2.05. The second-order valence-electron chi connectivity index (χ2n) is 3.31. The number of aromatic nitrogens is 1. The third-order valence-electron chi connectivity index (χ3n) is 2.09. The number of hydrogen-bond donors (Lipinski definition) is 1. The van der Waals surface area contributed by atoms with Crippen molar-refractivity contribution in [3.63, 3.8) is 0 Å². The van der Waals surface area contributed by atoms with Crippen LogP contribution < -0.4 is 4.90 Å². The first-order valence-electron chi connectivity index (χ1n) is 5.06. The number of terminal acetylenes is 1. The fourth-order valence-corrected chi connectivity index (χ4v) is 1.39. The molecule has 0 saturated heterocycles. The molecule has 3 heteroatoms. The average Bonchev–Trinajstić information content (AvgIpc) is 2.29. The summed E-state index contributed by atoms with van der Waals surface area (Å²) < 4.78 is 0. The Bertz CT molecular complexity index is 344. The molecule has 0 aliphatic carbocycles. The lowest BCUT2D eigenvalue weighted by Crippen LogP contribution is -2.25. The Hall–Kier alpha value is -1.53. The van der Waals surface area contributed by atoms with Gasteiger partial charge in [-0.05, 0) is 24.1 Å². The van der Waals surface area contributed by atoms with Crippen LogP contribution in [0.15, 0.2) is 18.3 Å². The zero-order chi connectivity index (χ0) is 11.1. The molecule has 0 unspecified atom stereocenters. The molecule has 3 nitrogen and oxygen atoms in total. The Balaban J connectivity index is 2.85. The van der Waals surface area contributed by atoms with E-state index in [-0.39, 0.29) is 6.61 Å². The molecule has 0 aromatic carbocycles. The molecule has 1 rings (SSSR count). The minimum absolute atomic E-state index is 0.0333. The van der Waals surface area contributed by atoms with Crippen molar-refractivity contribution in [1.29, 1.82) is 0 Å². The highest BCUT2D eigenvalue weighted by Crippen LogP contribution is 2.12. The van der Waals surface area contributed by atoms with Gasteiger partial charge in [0.25, 0.3) is 0 Å². The van der Waals surface area contributed by atoms with Gasteiger partial charge in [0.15, 0.2) is 0 Å². The molecule has 0 spiro atoms. The van der Waals surface area contributed by atoms with Crippen molar-refractivity contribution < 1.29 is 5.11 Å². The standard InChI is InChI=1S/C12H16N2O/c1-3-7-14(8-4-2)12-9-11(10-15)5-6-13-12/h1,5-6,9,15H,4,7-8,10H2,2H3. The van der Waals surface area contributed by atoms with Crippen LogP contribution in [0.3, 0.4) is 0 Å². The van der Waals surface area contributed by atoms with Crippen LogP contribution in [-0.2, 0) is 6.61 Å². The van der Waals surface area contributed by atoms with E-state index in [1.54, 1.807) is 12.3 Å². The minimum atomic E-state index is 0.0333. The van der Waals surface area contributed by atoms with Crippen LogP contribution in [0, 0.1) is 12.3 Å². The Morgan fingerprint density at radius 1 is 1.60 bits per heavy atom. The van der Waals surface area contributed by atoms with Crippen LogP contribution in [0.25, 0.3) is 0 Å². The van der Waals surface area contributed by atoms with Crippen LogP contribution in [0.5, 0.6) is 0 Å². The second kappa shape index (κ2) is 6.05. The molecule has 0 amide bonds. The van der Waals surface area contributed by atoms with Crippen molar-refractivity contribution in [2.24, 2.45) is 0 Å². The van der Waals surface area contributed by atoms with Crippen LogP contribution in [0.4, 0.5) is 5.82 Å². The summed E-state index contributed by atoms with van der Waals surface area (Å²) in [7, 11) is 0. The van der Waals surface area contributed by atoms with Gasteiger partial charge in [-0.1, -0.05) is 12.8 Å². The zero-order valence-corrected chi connectivity index (χ0v) is 8.98. The molecule has 1 heterocycles. The topological polar surface area (TPSA) is 36.4 Å². The molecule has 80 valence electrons. The maximum Gasteiger partial charge on any atom is 0.129 e. The van der Waals surface area contributed by atoms with Crippen molar-refractivity contribution >= 4 is 5.82 Å². The normalized spacial score (nSPS) is 9.67. The zero-order valence-electron chi connectivity index (χ0n) is 8.98. The number of aliphatic hydroxyl groups excluding tert-OH is 1. The average molecular weight is 204 g/mol. The van der Waals surface area contributed by atoms with Crippen LogP contribution in [0.1, 0.15) is 18.9 Å².